The number of hydrogen-bond donors (Lipinski definition) is 0. The monoisotopic (exact) mass is 592 g/mol. The minimum Gasteiger partial charge on any atom is -0.335 e. The van der Waals surface area contributed by atoms with Crippen LogP contribution in [0.4, 0.5) is 22.7 Å². The van der Waals surface area contributed by atoms with Crippen LogP contribution in [-0.4, -0.2) is 17.8 Å². The fourth-order valence-electron chi connectivity index (χ4n) is 14.4. The summed E-state index contributed by atoms with van der Waals surface area (Å²) >= 11 is 0. The molecule has 8 unspecified atom stereocenters. The molecule has 4 aliphatic carbocycles. The summed E-state index contributed by atoms with van der Waals surface area (Å²) in [7, 11) is 0. The van der Waals surface area contributed by atoms with Gasteiger partial charge in [-0.15, -0.1) is 0 Å². The first-order chi connectivity index (χ1) is 21.8. The average Bonchev–Trinajstić information content (AvgIpc) is 3.42. The molecule has 3 aromatic carbocycles. The first-order valence-electron chi connectivity index (χ1n) is 18.8. The number of benzene rings is 3. The van der Waals surface area contributed by atoms with Crippen LogP contribution in [0.2, 0.25) is 0 Å². The number of nitrogens with zero attached hydrogens (tertiary/aromatic N) is 2. The van der Waals surface area contributed by atoms with E-state index in [1.807, 2.05) is 0 Å². The highest BCUT2D eigenvalue weighted by Gasteiger charge is 2.69. The summed E-state index contributed by atoms with van der Waals surface area (Å²) in [6.45, 7) is 11.1. The molecule has 0 N–H and O–H groups in total. The van der Waals surface area contributed by atoms with Crippen LogP contribution in [0.5, 0.6) is 0 Å². The van der Waals surface area contributed by atoms with Gasteiger partial charge in [0, 0.05) is 33.6 Å². The predicted octanol–water partition coefficient (Wildman–Crippen LogP) is 8.37. The minimum atomic E-state index is 0.111. The zero-order valence-electron chi connectivity index (χ0n) is 28.0. The summed E-state index contributed by atoms with van der Waals surface area (Å²) in [6, 6.07) is 22.6. The highest BCUT2D eigenvalue weighted by molar-refractivity contribution is 7.00. The lowest BCUT2D eigenvalue weighted by atomic mass is 9.33. The zero-order valence-corrected chi connectivity index (χ0v) is 28.0. The number of para-hydroxylation sites is 2. The Morgan fingerprint density at radius 1 is 0.556 bits per heavy atom. The predicted molar refractivity (Wildman–Crippen MR) is 189 cm³/mol. The molecule has 4 aliphatic heterocycles. The number of rotatable bonds is 0. The lowest BCUT2D eigenvalue weighted by molar-refractivity contribution is 0.0334. The van der Waals surface area contributed by atoms with E-state index in [1.165, 1.54) is 77.0 Å². The van der Waals surface area contributed by atoms with Gasteiger partial charge in [-0.05, 0) is 116 Å². The van der Waals surface area contributed by atoms with Crippen molar-refractivity contribution in [3.05, 3.63) is 65.7 Å². The Morgan fingerprint density at radius 3 is 1.49 bits per heavy atom. The van der Waals surface area contributed by atoms with Crippen LogP contribution in [0, 0.1) is 23.7 Å². The topological polar surface area (TPSA) is 6.48 Å². The largest absolute Gasteiger partial charge is 0.335 e. The van der Waals surface area contributed by atoms with Gasteiger partial charge in [-0.25, -0.2) is 0 Å². The van der Waals surface area contributed by atoms with Gasteiger partial charge in [0.15, 0.2) is 0 Å². The van der Waals surface area contributed by atoms with E-state index in [-0.39, 0.29) is 21.9 Å². The maximum absolute atomic E-state index is 2.99. The quantitative estimate of drug-likeness (QED) is 0.242. The Bertz CT molecular complexity index is 1690. The summed E-state index contributed by atoms with van der Waals surface area (Å²) in [4.78, 5) is 5.98. The summed E-state index contributed by atoms with van der Waals surface area (Å²) < 4.78 is 0. The smallest absolute Gasteiger partial charge is 0.252 e. The van der Waals surface area contributed by atoms with Gasteiger partial charge in [0.25, 0.3) is 6.71 Å². The molecule has 4 heterocycles. The van der Waals surface area contributed by atoms with Crippen molar-refractivity contribution in [2.75, 3.05) is 9.80 Å². The van der Waals surface area contributed by atoms with E-state index in [2.05, 4.69) is 92.1 Å². The van der Waals surface area contributed by atoms with Crippen LogP contribution in [0.1, 0.15) is 116 Å². The van der Waals surface area contributed by atoms with Crippen molar-refractivity contribution in [2.24, 2.45) is 23.7 Å². The molecule has 8 aliphatic rings. The first kappa shape index (κ1) is 26.4. The molecule has 45 heavy (non-hydrogen) atoms. The van der Waals surface area contributed by atoms with Crippen LogP contribution < -0.4 is 26.2 Å². The second-order valence-electron chi connectivity index (χ2n) is 17.6. The van der Waals surface area contributed by atoms with Gasteiger partial charge >= 0.3 is 0 Å². The molecule has 3 heteroatoms. The molecule has 0 amide bonds. The molecule has 0 saturated heterocycles. The van der Waals surface area contributed by atoms with Gasteiger partial charge < -0.3 is 9.80 Å². The lowest BCUT2D eigenvalue weighted by Crippen LogP contribution is -2.69. The Balaban J connectivity index is 1.22. The maximum Gasteiger partial charge on any atom is 0.252 e. The molecule has 230 valence electrons. The fraction of sp³-hybridized carbons (Fsp3) is 0.571. The molecule has 0 radical (unpaired) electrons. The third-order valence-corrected chi connectivity index (χ3v) is 16.7. The van der Waals surface area contributed by atoms with Crippen molar-refractivity contribution >= 4 is 45.9 Å². The minimum absolute atomic E-state index is 0.111. The zero-order chi connectivity index (χ0) is 30.1. The number of hydrogen-bond acceptors (Lipinski definition) is 2. The van der Waals surface area contributed by atoms with Gasteiger partial charge in [0.05, 0.1) is 11.1 Å². The van der Waals surface area contributed by atoms with Crippen molar-refractivity contribution in [1.82, 2.24) is 0 Å². The Kier molecular flexibility index (Phi) is 4.83. The standard InChI is InChI=1S/C42H49BN2/c1-39-24-22-26-12-5-7-14-28(26)41(39,3)44-34-20-11-21-35-36(34)43(32-18-9-16-30(39)37(32)44)33-19-10-17-31-38(33)45(35)42(4)29-15-8-6-13-27(29)23-25-40(31,42)2/h9-11,16-21,26-29H,5-8,12-15,22-25H2,1-4H3. The second-order valence-corrected chi connectivity index (χ2v) is 17.6. The SMILES string of the molecule is CC12CCC3CCCCC3C1(C)N1c3cccc4c3B(c3cccc2c31)c1cccc2c1N4C1(C)C3CCCCC3CCC21C. The van der Waals surface area contributed by atoms with Gasteiger partial charge in [-0.2, -0.15) is 0 Å². The fourth-order valence-corrected chi connectivity index (χ4v) is 14.4. The second kappa shape index (κ2) is 8.24. The molecule has 0 bridgehead atoms. The molecule has 11 rings (SSSR count). The highest BCUT2D eigenvalue weighted by Crippen LogP contribution is 2.69. The normalized spacial score (nSPS) is 40.9. The van der Waals surface area contributed by atoms with Gasteiger partial charge in [0.1, 0.15) is 0 Å². The third kappa shape index (κ3) is 2.65. The van der Waals surface area contributed by atoms with E-state index in [0.717, 1.165) is 23.7 Å². The van der Waals surface area contributed by atoms with Crippen molar-refractivity contribution < 1.29 is 0 Å². The first-order valence-corrected chi connectivity index (χ1v) is 18.8. The summed E-state index contributed by atoms with van der Waals surface area (Å²) in [5.41, 5.74) is 14.9. The van der Waals surface area contributed by atoms with Crippen LogP contribution in [0.15, 0.2) is 54.6 Å². The molecule has 4 fully saturated rings. The molecular weight excluding hydrogens is 543 g/mol. The molecule has 0 aromatic heterocycles. The Morgan fingerprint density at radius 2 is 1.00 bits per heavy atom. The number of fused-ring (bicyclic) bond motifs is 14. The van der Waals surface area contributed by atoms with E-state index in [1.54, 1.807) is 50.3 Å². The molecular formula is C42H49BN2. The molecule has 3 aromatic rings. The van der Waals surface area contributed by atoms with E-state index >= 15 is 0 Å². The van der Waals surface area contributed by atoms with E-state index < -0.39 is 0 Å². The van der Waals surface area contributed by atoms with Crippen LogP contribution in [0.3, 0.4) is 0 Å². The van der Waals surface area contributed by atoms with Gasteiger partial charge in [-0.3, -0.25) is 0 Å². The molecule has 8 atom stereocenters. The average molecular weight is 593 g/mol. The van der Waals surface area contributed by atoms with Crippen LogP contribution >= 0.6 is 0 Å². The van der Waals surface area contributed by atoms with Gasteiger partial charge in [0.2, 0.25) is 0 Å². The lowest BCUT2D eigenvalue weighted by Gasteiger charge is -2.61. The summed E-state index contributed by atoms with van der Waals surface area (Å²) in [5, 5.41) is 0. The van der Waals surface area contributed by atoms with Crippen molar-refractivity contribution in [3.63, 3.8) is 0 Å². The van der Waals surface area contributed by atoms with Crippen LogP contribution in [0.25, 0.3) is 0 Å². The summed E-state index contributed by atoms with van der Waals surface area (Å²) in [6.07, 6.45) is 16.8. The Hall–Kier alpha value is -2.68. The van der Waals surface area contributed by atoms with E-state index in [4.69, 9.17) is 0 Å². The van der Waals surface area contributed by atoms with Crippen molar-refractivity contribution in [1.29, 1.82) is 0 Å². The Labute approximate surface area is 271 Å². The third-order valence-electron chi connectivity index (χ3n) is 16.7. The van der Waals surface area contributed by atoms with Crippen molar-refractivity contribution in [2.45, 2.75) is 127 Å². The molecule has 0 spiro atoms. The summed E-state index contributed by atoms with van der Waals surface area (Å²) in [5.74, 6) is 3.26. The van der Waals surface area contributed by atoms with E-state index in [0.29, 0.717) is 6.71 Å². The highest BCUT2D eigenvalue weighted by atomic mass is 15.3. The van der Waals surface area contributed by atoms with E-state index in [9.17, 15) is 0 Å². The maximum atomic E-state index is 2.99. The van der Waals surface area contributed by atoms with Crippen molar-refractivity contribution in [3.8, 4) is 0 Å². The molecule has 2 nitrogen and oxygen atoms in total. The molecule has 4 saturated carbocycles. The van der Waals surface area contributed by atoms with Crippen LogP contribution in [-0.2, 0) is 10.8 Å². The number of anilines is 4. The van der Waals surface area contributed by atoms with Gasteiger partial charge in [-0.1, -0.05) is 94.8 Å².